The normalized spacial score (nSPS) is 12.8. The van der Waals surface area contributed by atoms with E-state index < -0.39 is 6.04 Å². The van der Waals surface area contributed by atoms with Gasteiger partial charge in [-0.2, -0.15) is 0 Å². The molecule has 1 atom stereocenters. The van der Waals surface area contributed by atoms with E-state index in [9.17, 15) is 4.79 Å². The van der Waals surface area contributed by atoms with Crippen molar-refractivity contribution in [2.24, 2.45) is 9.98 Å². The highest BCUT2D eigenvalue weighted by Crippen LogP contribution is 2.38. The van der Waals surface area contributed by atoms with Crippen molar-refractivity contribution in [1.29, 1.82) is 0 Å². The summed E-state index contributed by atoms with van der Waals surface area (Å²) >= 11 is 19.0. The maximum Gasteiger partial charge on any atom is 0.310 e. The SMILES string of the molecule is CC/C=N\C(=NC)NC(c1cc(Cl)ccc1OC(=O)CC)c1cccc(Cl)c1Cl. The number of guanidine groups is 1. The zero-order chi connectivity index (χ0) is 21.4. The van der Waals surface area contributed by atoms with Gasteiger partial charge in [0, 0.05) is 30.3 Å². The van der Waals surface area contributed by atoms with Crippen molar-refractivity contribution in [3.63, 3.8) is 0 Å². The number of hydrogen-bond acceptors (Lipinski definition) is 3. The molecule has 2 aromatic carbocycles. The van der Waals surface area contributed by atoms with Crippen molar-refractivity contribution in [3.8, 4) is 5.75 Å². The Balaban J connectivity index is 2.64. The highest BCUT2D eigenvalue weighted by Gasteiger charge is 2.24. The number of hydrogen-bond donors (Lipinski definition) is 1. The molecule has 1 unspecified atom stereocenters. The molecule has 0 aromatic heterocycles. The summed E-state index contributed by atoms with van der Waals surface area (Å²) in [4.78, 5) is 20.5. The van der Waals surface area contributed by atoms with Crippen LogP contribution in [0.3, 0.4) is 0 Å². The summed E-state index contributed by atoms with van der Waals surface area (Å²) in [6, 6.07) is 9.77. The van der Waals surface area contributed by atoms with Gasteiger partial charge in [-0.25, -0.2) is 4.99 Å². The minimum absolute atomic E-state index is 0.237. The van der Waals surface area contributed by atoms with E-state index in [2.05, 4.69) is 15.3 Å². The molecule has 0 aliphatic carbocycles. The summed E-state index contributed by atoms with van der Waals surface area (Å²) in [5, 5.41) is 4.51. The number of rotatable bonds is 6. The lowest BCUT2D eigenvalue weighted by atomic mass is 9.97. The van der Waals surface area contributed by atoms with Crippen LogP contribution >= 0.6 is 34.8 Å². The summed E-state index contributed by atoms with van der Waals surface area (Å²) < 4.78 is 5.53. The molecule has 2 rings (SSSR count). The molecule has 1 N–H and O–H groups in total. The average Bonchev–Trinajstić information content (AvgIpc) is 2.72. The van der Waals surface area contributed by atoms with Crippen LogP contribution in [0.25, 0.3) is 0 Å². The number of nitrogens with one attached hydrogen (secondary N) is 1. The minimum atomic E-state index is -0.563. The molecule has 2 aromatic rings. The number of carbonyl (C=O) groups is 1. The van der Waals surface area contributed by atoms with Gasteiger partial charge in [-0.1, -0.05) is 60.8 Å². The lowest BCUT2D eigenvalue weighted by Gasteiger charge is -2.24. The van der Waals surface area contributed by atoms with E-state index in [4.69, 9.17) is 39.5 Å². The van der Waals surface area contributed by atoms with Gasteiger partial charge < -0.3 is 10.1 Å². The smallest absolute Gasteiger partial charge is 0.310 e. The topological polar surface area (TPSA) is 63.1 Å². The highest BCUT2D eigenvalue weighted by atomic mass is 35.5. The molecular formula is C21H22Cl3N3O2. The van der Waals surface area contributed by atoms with Crippen LogP contribution < -0.4 is 10.1 Å². The van der Waals surface area contributed by atoms with Crippen LogP contribution in [0.2, 0.25) is 15.1 Å². The van der Waals surface area contributed by atoms with E-state index in [1.54, 1.807) is 50.5 Å². The zero-order valence-electron chi connectivity index (χ0n) is 16.4. The quantitative estimate of drug-likeness (QED) is 0.248. The number of halogens is 3. The standard InChI is InChI=1S/C21H22Cl3N3O2/c1-4-11-26-21(25-3)27-20(14-7-6-8-16(23)19(14)24)15-12-13(22)9-10-17(15)29-18(28)5-2/h6-12,20H,4-5H2,1-3H3,(H,25,27)/b26-11-. The predicted octanol–water partition coefficient (Wildman–Crippen LogP) is 6.11. The molecule has 8 heteroatoms. The van der Waals surface area contributed by atoms with Gasteiger partial charge in [-0.05, 0) is 36.2 Å². The fourth-order valence-electron chi connectivity index (χ4n) is 2.57. The van der Waals surface area contributed by atoms with Crippen LogP contribution in [-0.4, -0.2) is 25.2 Å². The predicted molar refractivity (Wildman–Crippen MR) is 121 cm³/mol. The number of carbonyl (C=O) groups excluding carboxylic acids is 1. The fourth-order valence-corrected chi connectivity index (χ4v) is 3.16. The number of ether oxygens (including phenoxy) is 1. The summed E-state index contributed by atoms with van der Waals surface area (Å²) in [5.41, 5.74) is 1.28. The minimum Gasteiger partial charge on any atom is -0.426 e. The van der Waals surface area contributed by atoms with Gasteiger partial charge in [0.25, 0.3) is 0 Å². The van der Waals surface area contributed by atoms with Crippen LogP contribution in [-0.2, 0) is 4.79 Å². The van der Waals surface area contributed by atoms with Crippen LogP contribution in [0.4, 0.5) is 0 Å². The van der Waals surface area contributed by atoms with Gasteiger partial charge in [0.1, 0.15) is 5.75 Å². The second-order valence-electron chi connectivity index (χ2n) is 6.00. The van der Waals surface area contributed by atoms with Crippen molar-refractivity contribution in [2.45, 2.75) is 32.7 Å². The molecular weight excluding hydrogens is 433 g/mol. The van der Waals surface area contributed by atoms with Crippen LogP contribution in [0.5, 0.6) is 5.75 Å². The molecule has 0 amide bonds. The number of benzene rings is 2. The Morgan fingerprint density at radius 3 is 2.59 bits per heavy atom. The van der Waals surface area contributed by atoms with E-state index >= 15 is 0 Å². The van der Waals surface area contributed by atoms with Crippen molar-refractivity contribution < 1.29 is 9.53 Å². The Morgan fingerprint density at radius 1 is 1.17 bits per heavy atom. The molecule has 0 bridgehead atoms. The Hall–Kier alpha value is -2.08. The molecule has 0 heterocycles. The summed E-state index contributed by atoms with van der Waals surface area (Å²) in [7, 11) is 1.63. The van der Waals surface area contributed by atoms with E-state index in [1.165, 1.54) is 0 Å². The van der Waals surface area contributed by atoms with Gasteiger partial charge >= 0.3 is 5.97 Å². The first-order valence-corrected chi connectivity index (χ1v) is 10.2. The fraction of sp³-hybridized carbons (Fsp3) is 0.286. The Morgan fingerprint density at radius 2 is 1.93 bits per heavy atom. The third-order valence-electron chi connectivity index (χ3n) is 3.97. The third-order valence-corrected chi connectivity index (χ3v) is 5.04. The van der Waals surface area contributed by atoms with Gasteiger partial charge in [0.05, 0.1) is 16.1 Å². The molecule has 0 aliphatic heterocycles. The maximum absolute atomic E-state index is 11.9. The number of aliphatic imine (C=N–C) groups is 2. The number of esters is 1. The molecule has 0 aliphatic rings. The summed E-state index contributed by atoms with van der Waals surface area (Å²) in [6.45, 7) is 3.70. The molecule has 0 saturated heterocycles. The van der Waals surface area contributed by atoms with Gasteiger partial charge in [-0.15, -0.1) is 0 Å². The Bertz CT molecular complexity index is 929. The monoisotopic (exact) mass is 453 g/mol. The second kappa shape index (κ2) is 11.2. The first-order valence-electron chi connectivity index (χ1n) is 9.11. The van der Waals surface area contributed by atoms with E-state index in [0.717, 1.165) is 6.42 Å². The second-order valence-corrected chi connectivity index (χ2v) is 7.22. The molecule has 0 saturated carbocycles. The molecule has 29 heavy (non-hydrogen) atoms. The van der Waals surface area contributed by atoms with Gasteiger partial charge in [0.15, 0.2) is 0 Å². The molecule has 5 nitrogen and oxygen atoms in total. The lowest BCUT2D eigenvalue weighted by Crippen LogP contribution is -2.29. The van der Waals surface area contributed by atoms with Crippen molar-refractivity contribution in [2.75, 3.05) is 7.05 Å². The van der Waals surface area contributed by atoms with Crippen LogP contribution in [0.1, 0.15) is 43.9 Å². The first kappa shape index (κ1) is 23.2. The molecule has 0 spiro atoms. The summed E-state index contributed by atoms with van der Waals surface area (Å²) in [6.07, 6.45) is 2.72. The number of nitrogens with zero attached hydrogens (tertiary/aromatic N) is 2. The van der Waals surface area contributed by atoms with E-state index in [0.29, 0.717) is 37.9 Å². The molecule has 0 radical (unpaired) electrons. The van der Waals surface area contributed by atoms with Crippen LogP contribution in [0.15, 0.2) is 46.4 Å². The van der Waals surface area contributed by atoms with E-state index in [-0.39, 0.29) is 12.4 Å². The first-order chi connectivity index (χ1) is 13.9. The third kappa shape index (κ3) is 6.20. The lowest BCUT2D eigenvalue weighted by molar-refractivity contribution is -0.134. The highest BCUT2D eigenvalue weighted by molar-refractivity contribution is 6.42. The largest absolute Gasteiger partial charge is 0.426 e. The Kier molecular flexibility index (Phi) is 8.96. The zero-order valence-corrected chi connectivity index (χ0v) is 18.6. The maximum atomic E-state index is 11.9. The van der Waals surface area contributed by atoms with E-state index in [1.807, 2.05) is 13.0 Å². The van der Waals surface area contributed by atoms with Crippen LogP contribution in [0, 0.1) is 0 Å². The van der Waals surface area contributed by atoms with Crippen molar-refractivity contribution in [3.05, 3.63) is 62.6 Å². The summed E-state index contributed by atoms with van der Waals surface area (Å²) in [5.74, 6) is 0.392. The van der Waals surface area contributed by atoms with Gasteiger partial charge in [0.2, 0.25) is 5.96 Å². The van der Waals surface area contributed by atoms with Crippen molar-refractivity contribution in [1.82, 2.24) is 5.32 Å². The Labute approximate surface area is 185 Å². The molecule has 0 fully saturated rings. The average molecular weight is 455 g/mol. The van der Waals surface area contributed by atoms with Crippen molar-refractivity contribution >= 4 is 52.9 Å². The molecule has 154 valence electrons. The van der Waals surface area contributed by atoms with Gasteiger partial charge in [-0.3, -0.25) is 9.79 Å².